The standard InChI is InChI=1S/C30H31F2N5O3S/c1-4-23(20-10-6-5-7-11-20)34-29-37-30(12-8-9-18(2)13-21(30)16-39-29)27-36-24(17-41-27)35-26(38)25-19(3)14-22(15-33-25)40-28(31)32/h4-11,14-15,17-18,21,28H,12-13,16H2,1-3H3,(H,34,37)(H,35,38)/b23-4-/t18-,21?,30?/m1/s1. The van der Waals surface area contributed by atoms with E-state index in [4.69, 9.17) is 14.7 Å². The van der Waals surface area contributed by atoms with Crippen molar-refractivity contribution in [1.82, 2.24) is 15.3 Å². The Balaban J connectivity index is 1.42. The quantitative estimate of drug-likeness (QED) is 0.309. The number of ether oxygens (including phenoxy) is 2. The zero-order valence-electron chi connectivity index (χ0n) is 22.9. The molecule has 11 heteroatoms. The third-order valence-electron chi connectivity index (χ3n) is 7.17. The van der Waals surface area contributed by atoms with Crippen molar-refractivity contribution < 1.29 is 23.0 Å². The molecule has 2 unspecified atom stereocenters. The Bertz CT molecular complexity index is 1490. The number of anilines is 1. The summed E-state index contributed by atoms with van der Waals surface area (Å²) in [6.45, 7) is 3.24. The van der Waals surface area contributed by atoms with Crippen molar-refractivity contribution in [3.8, 4) is 5.75 Å². The van der Waals surface area contributed by atoms with Crippen LogP contribution < -0.4 is 15.4 Å². The minimum Gasteiger partial charge on any atom is -0.465 e. The molecule has 1 aliphatic carbocycles. The molecule has 0 radical (unpaired) electrons. The van der Waals surface area contributed by atoms with E-state index in [9.17, 15) is 13.6 Å². The Morgan fingerprint density at radius 3 is 2.80 bits per heavy atom. The predicted molar refractivity (Wildman–Crippen MR) is 155 cm³/mol. The minimum atomic E-state index is -2.97. The largest absolute Gasteiger partial charge is 0.465 e. The number of amidine groups is 1. The number of halogens is 2. The summed E-state index contributed by atoms with van der Waals surface area (Å²) in [6, 6.07) is 11.7. The second-order valence-corrected chi connectivity index (χ2v) is 11.0. The molecule has 2 aliphatic rings. The van der Waals surface area contributed by atoms with Gasteiger partial charge in [-0.25, -0.2) is 15.0 Å². The Morgan fingerprint density at radius 1 is 1.27 bits per heavy atom. The SMILES string of the molecule is C/C=C(\NC1=NC2(c3nc(NC(=O)c4ncc(OC(F)F)cc4C)cs3)CC=C[C@@H](C)CC2CO1)c1ccccc1. The van der Waals surface area contributed by atoms with Gasteiger partial charge in [-0.3, -0.25) is 4.79 Å². The molecule has 2 aromatic heterocycles. The maximum Gasteiger partial charge on any atom is 0.387 e. The number of allylic oxidation sites excluding steroid dienone is 2. The highest BCUT2D eigenvalue weighted by molar-refractivity contribution is 7.10. The highest BCUT2D eigenvalue weighted by Crippen LogP contribution is 2.47. The Labute approximate surface area is 241 Å². The number of thiazole rings is 1. The summed E-state index contributed by atoms with van der Waals surface area (Å²) in [5.41, 5.74) is 1.73. The number of rotatable bonds is 7. The normalized spacial score (nSPS) is 22.3. The third-order valence-corrected chi connectivity index (χ3v) is 8.18. The summed E-state index contributed by atoms with van der Waals surface area (Å²) >= 11 is 1.43. The van der Waals surface area contributed by atoms with E-state index in [2.05, 4.69) is 39.4 Å². The Hall–Kier alpha value is -4.12. The fourth-order valence-corrected chi connectivity index (χ4v) is 6.17. The molecule has 0 fully saturated rings. The van der Waals surface area contributed by atoms with E-state index in [1.165, 1.54) is 17.4 Å². The highest BCUT2D eigenvalue weighted by atomic mass is 32.1. The van der Waals surface area contributed by atoms with E-state index >= 15 is 0 Å². The number of aromatic nitrogens is 2. The Kier molecular flexibility index (Phi) is 8.44. The van der Waals surface area contributed by atoms with Gasteiger partial charge in [-0.05, 0) is 49.8 Å². The van der Waals surface area contributed by atoms with Crippen LogP contribution in [-0.2, 0) is 10.3 Å². The molecule has 5 rings (SSSR count). The maximum atomic E-state index is 13.0. The van der Waals surface area contributed by atoms with E-state index < -0.39 is 18.1 Å². The van der Waals surface area contributed by atoms with Crippen LogP contribution >= 0.6 is 11.3 Å². The van der Waals surface area contributed by atoms with Crippen LogP contribution in [0.2, 0.25) is 0 Å². The molecule has 8 nitrogen and oxygen atoms in total. The molecular formula is C30H31F2N5O3S. The van der Waals surface area contributed by atoms with Crippen molar-refractivity contribution in [2.45, 2.75) is 45.8 Å². The van der Waals surface area contributed by atoms with Crippen LogP contribution in [0.3, 0.4) is 0 Å². The number of carbonyl (C=O) groups is 1. The summed E-state index contributed by atoms with van der Waals surface area (Å²) in [7, 11) is 0. The topological polar surface area (TPSA) is 97.7 Å². The summed E-state index contributed by atoms with van der Waals surface area (Å²) < 4.78 is 35.6. The van der Waals surface area contributed by atoms with Crippen molar-refractivity contribution >= 4 is 34.8 Å². The number of carbonyl (C=O) groups excluding carboxylic acids is 1. The molecule has 3 heterocycles. The molecule has 1 aliphatic heterocycles. The lowest BCUT2D eigenvalue weighted by molar-refractivity contribution is -0.0501. The second kappa shape index (κ2) is 12.2. The molecule has 0 spiro atoms. The zero-order valence-corrected chi connectivity index (χ0v) is 23.8. The highest BCUT2D eigenvalue weighted by Gasteiger charge is 2.47. The van der Waals surface area contributed by atoms with Gasteiger partial charge in [0.15, 0.2) is 0 Å². The maximum absolute atomic E-state index is 13.0. The molecule has 41 heavy (non-hydrogen) atoms. The first-order valence-corrected chi connectivity index (χ1v) is 14.2. The summed E-state index contributed by atoms with van der Waals surface area (Å²) in [4.78, 5) is 27.0. The van der Waals surface area contributed by atoms with Gasteiger partial charge in [-0.1, -0.05) is 55.5 Å². The monoisotopic (exact) mass is 579 g/mol. The van der Waals surface area contributed by atoms with E-state index in [0.717, 1.165) is 28.9 Å². The molecule has 2 N–H and O–H groups in total. The smallest absolute Gasteiger partial charge is 0.387 e. The first-order valence-electron chi connectivity index (χ1n) is 13.3. The molecule has 0 saturated heterocycles. The van der Waals surface area contributed by atoms with E-state index in [0.29, 0.717) is 36.3 Å². The van der Waals surface area contributed by atoms with Gasteiger partial charge in [0, 0.05) is 17.0 Å². The van der Waals surface area contributed by atoms with Crippen LogP contribution in [0, 0.1) is 18.8 Å². The fraction of sp³-hybridized carbons (Fsp3) is 0.333. The number of amides is 1. The van der Waals surface area contributed by atoms with Crippen molar-refractivity contribution in [2.75, 3.05) is 11.9 Å². The zero-order chi connectivity index (χ0) is 29.0. The molecule has 3 aromatic rings. The molecule has 3 atom stereocenters. The lowest BCUT2D eigenvalue weighted by Gasteiger charge is -2.39. The number of nitrogens with one attached hydrogen (secondary N) is 2. The van der Waals surface area contributed by atoms with Crippen LogP contribution in [0.1, 0.15) is 53.3 Å². The number of alkyl halides is 2. The average molecular weight is 580 g/mol. The molecular weight excluding hydrogens is 548 g/mol. The van der Waals surface area contributed by atoms with E-state index in [-0.39, 0.29) is 17.4 Å². The van der Waals surface area contributed by atoms with Crippen LogP contribution in [0.4, 0.5) is 14.6 Å². The third kappa shape index (κ3) is 6.30. The van der Waals surface area contributed by atoms with Gasteiger partial charge in [-0.2, -0.15) is 8.78 Å². The number of pyridine rings is 1. The number of aliphatic imine (C=N–C) groups is 1. The van der Waals surface area contributed by atoms with Crippen molar-refractivity contribution in [3.63, 3.8) is 0 Å². The number of nitrogens with zero attached hydrogens (tertiary/aromatic N) is 3. The first-order chi connectivity index (χ1) is 19.8. The molecule has 0 bridgehead atoms. The van der Waals surface area contributed by atoms with Gasteiger partial charge in [0.05, 0.1) is 12.8 Å². The fourth-order valence-electron chi connectivity index (χ4n) is 5.18. The van der Waals surface area contributed by atoms with Gasteiger partial charge >= 0.3 is 6.61 Å². The molecule has 1 amide bonds. The van der Waals surface area contributed by atoms with Gasteiger partial charge in [0.25, 0.3) is 11.9 Å². The van der Waals surface area contributed by atoms with Crippen LogP contribution in [0.25, 0.3) is 5.70 Å². The van der Waals surface area contributed by atoms with Crippen LogP contribution in [0.5, 0.6) is 5.75 Å². The Morgan fingerprint density at radius 2 is 2.07 bits per heavy atom. The van der Waals surface area contributed by atoms with E-state index in [1.807, 2.05) is 43.3 Å². The second-order valence-electron chi connectivity index (χ2n) is 10.1. The minimum absolute atomic E-state index is 0.0739. The molecule has 0 saturated carbocycles. The number of hydrogen-bond donors (Lipinski definition) is 2. The summed E-state index contributed by atoms with van der Waals surface area (Å²) in [5, 5.41) is 8.71. The number of fused-ring (bicyclic) bond motifs is 1. The van der Waals surface area contributed by atoms with Crippen molar-refractivity contribution in [1.29, 1.82) is 0 Å². The lowest BCUT2D eigenvalue weighted by atomic mass is 9.79. The van der Waals surface area contributed by atoms with Gasteiger partial charge < -0.3 is 20.1 Å². The molecule has 214 valence electrons. The number of aryl methyl sites for hydroxylation is 1. The summed E-state index contributed by atoms with van der Waals surface area (Å²) in [6.07, 6.45) is 8.95. The average Bonchev–Trinajstić information content (AvgIpc) is 3.34. The van der Waals surface area contributed by atoms with Crippen LogP contribution in [0.15, 0.2) is 71.2 Å². The predicted octanol–water partition coefficient (Wildman–Crippen LogP) is 6.53. The first kappa shape index (κ1) is 28.4. The lowest BCUT2D eigenvalue weighted by Crippen LogP contribution is -2.44. The van der Waals surface area contributed by atoms with E-state index in [1.54, 1.807) is 12.3 Å². The molecule has 1 aromatic carbocycles. The van der Waals surface area contributed by atoms with Gasteiger partial charge in [0.1, 0.15) is 27.8 Å². The van der Waals surface area contributed by atoms with Crippen molar-refractivity contribution in [3.05, 3.63) is 88.0 Å². The van der Waals surface area contributed by atoms with Crippen molar-refractivity contribution in [2.24, 2.45) is 16.8 Å². The number of hydrogen-bond acceptors (Lipinski definition) is 8. The van der Waals surface area contributed by atoms with Gasteiger partial charge in [0.2, 0.25) is 0 Å². The van der Waals surface area contributed by atoms with Crippen LogP contribution in [-0.4, -0.2) is 35.1 Å². The van der Waals surface area contributed by atoms with Gasteiger partial charge in [-0.15, -0.1) is 11.3 Å². The number of benzene rings is 1. The summed E-state index contributed by atoms with van der Waals surface area (Å²) in [5.74, 6) is 0.194.